The van der Waals surface area contributed by atoms with Gasteiger partial charge >= 0.3 is 0 Å². The second kappa shape index (κ2) is 7.14. The molecule has 0 saturated carbocycles. The van der Waals surface area contributed by atoms with Crippen molar-refractivity contribution in [1.82, 2.24) is 10.6 Å². The van der Waals surface area contributed by atoms with E-state index in [1.165, 1.54) is 11.3 Å². The molecular weight excluding hydrogens is 238 g/mol. The van der Waals surface area contributed by atoms with Gasteiger partial charge in [0.25, 0.3) is 0 Å². The predicted octanol–water partition coefficient (Wildman–Crippen LogP) is 1.16. The zero-order chi connectivity index (χ0) is 13.5. The fraction of sp³-hybridized carbons (Fsp3) is 0.533. The molecule has 0 unspecified atom stereocenters. The number of nitrogens with zero attached hydrogens (tertiary/aromatic N) is 1. The molecule has 4 nitrogen and oxygen atoms in total. The van der Waals surface area contributed by atoms with Crippen molar-refractivity contribution in [2.24, 2.45) is 0 Å². The van der Waals surface area contributed by atoms with Crippen LogP contribution in [-0.2, 0) is 11.2 Å². The van der Waals surface area contributed by atoms with Gasteiger partial charge in [-0.25, -0.2) is 0 Å². The highest BCUT2D eigenvalue weighted by atomic mass is 16.1. The molecule has 0 atom stereocenters. The van der Waals surface area contributed by atoms with Gasteiger partial charge in [0.2, 0.25) is 5.91 Å². The summed E-state index contributed by atoms with van der Waals surface area (Å²) in [4.78, 5) is 13.9. The first kappa shape index (κ1) is 13.9. The lowest BCUT2D eigenvalue weighted by Crippen LogP contribution is -2.43. The monoisotopic (exact) mass is 261 g/mol. The Balaban J connectivity index is 1.92. The summed E-state index contributed by atoms with van der Waals surface area (Å²) >= 11 is 0. The first-order chi connectivity index (χ1) is 9.29. The van der Waals surface area contributed by atoms with E-state index in [-0.39, 0.29) is 5.91 Å². The van der Waals surface area contributed by atoms with Gasteiger partial charge in [0.1, 0.15) is 0 Å². The van der Waals surface area contributed by atoms with Crippen molar-refractivity contribution in [3.63, 3.8) is 0 Å². The molecule has 1 aliphatic heterocycles. The zero-order valence-corrected chi connectivity index (χ0v) is 11.6. The summed E-state index contributed by atoms with van der Waals surface area (Å²) in [6.07, 6.45) is 1.38. The van der Waals surface area contributed by atoms with Crippen molar-refractivity contribution in [3.8, 4) is 0 Å². The fourth-order valence-electron chi connectivity index (χ4n) is 2.38. The Labute approximate surface area is 115 Å². The highest BCUT2D eigenvalue weighted by molar-refractivity contribution is 5.76. The van der Waals surface area contributed by atoms with Crippen molar-refractivity contribution >= 4 is 11.6 Å². The minimum absolute atomic E-state index is 0.134. The average molecular weight is 261 g/mol. The maximum atomic E-state index is 11.5. The number of amides is 1. The molecule has 1 heterocycles. The molecular formula is C15H23N3O. The summed E-state index contributed by atoms with van der Waals surface area (Å²) in [6, 6.07) is 8.56. The number of hydrogen-bond acceptors (Lipinski definition) is 3. The first-order valence-corrected chi connectivity index (χ1v) is 7.11. The Kier molecular flexibility index (Phi) is 5.21. The van der Waals surface area contributed by atoms with E-state index in [0.717, 1.165) is 32.6 Å². The molecule has 1 aliphatic rings. The standard InChI is InChI=1S/C15H23N3O/c1-2-17-15(19)7-6-13-4-3-5-14(12-13)18-10-8-16-9-11-18/h3-5,12,16H,2,6-11H2,1H3,(H,17,19). The van der Waals surface area contributed by atoms with Crippen LogP contribution in [-0.4, -0.2) is 38.6 Å². The molecule has 104 valence electrons. The molecule has 0 bridgehead atoms. The second-order valence-electron chi connectivity index (χ2n) is 4.86. The lowest BCUT2D eigenvalue weighted by atomic mass is 10.1. The van der Waals surface area contributed by atoms with Gasteiger partial charge < -0.3 is 15.5 Å². The third-order valence-electron chi connectivity index (χ3n) is 3.41. The Morgan fingerprint density at radius 3 is 2.89 bits per heavy atom. The maximum absolute atomic E-state index is 11.5. The van der Waals surface area contributed by atoms with Crippen LogP contribution in [0.2, 0.25) is 0 Å². The topological polar surface area (TPSA) is 44.4 Å². The number of carbonyl (C=O) groups is 1. The summed E-state index contributed by atoms with van der Waals surface area (Å²) in [6.45, 7) is 6.86. The minimum Gasteiger partial charge on any atom is -0.369 e. The van der Waals surface area contributed by atoms with Gasteiger partial charge in [-0.2, -0.15) is 0 Å². The van der Waals surface area contributed by atoms with E-state index in [9.17, 15) is 4.79 Å². The van der Waals surface area contributed by atoms with Crippen molar-refractivity contribution in [3.05, 3.63) is 29.8 Å². The van der Waals surface area contributed by atoms with Gasteiger partial charge in [-0.3, -0.25) is 4.79 Å². The van der Waals surface area contributed by atoms with Crippen LogP contribution in [0.5, 0.6) is 0 Å². The predicted molar refractivity (Wildman–Crippen MR) is 78.5 cm³/mol. The SMILES string of the molecule is CCNC(=O)CCc1cccc(N2CCNCC2)c1. The van der Waals surface area contributed by atoms with Crippen molar-refractivity contribution in [2.75, 3.05) is 37.6 Å². The molecule has 1 aromatic rings. The minimum atomic E-state index is 0.134. The largest absolute Gasteiger partial charge is 0.369 e. The Morgan fingerprint density at radius 2 is 2.16 bits per heavy atom. The number of carbonyl (C=O) groups excluding carboxylic acids is 1. The third-order valence-corrected chi connectivity index (χ3v) is 3.41. The van der Waals surface area contributed by atoms with Crippen LogP contribution in [0.15, 0.2) is 24.3 Å². The summed E-state index contributed by atoms with van der Waals surface area (Å²) in [7, 11) is 0. The molecule has 0 aromatic heterocycles. The van der Waals surface area contributed by atoms with E-state index in [1.54, 1.807) is 0 Å². The molecule has 1 fully saturated rings. The quantitative estimate of drug-likeness (QED) is 0.836. The number of anilines is 1. The summed E-state index contributed by atoms with van der Waals surface area (Å²) in [5.74, 6) is 0.134. The molecule has 0 spiro atoms. The molecule has 0 radical (unpaired) electrons. The summed E-state index contributed by atoms with van der Waals surface area (Å²) < 4.78 is 0. The second-order valence-corrected chi connectivity index (χ2v) is 4.86. The van der Waals surface area contributed by atoms with E-state index < -0.39 is 0 Å². The van der Waals surface area contributed by atoms with Gasteiger partial charge in [-0.05, 0) is 31.0 Å². The number of benzene rings is 1. The molecule has 2 rings (SSSR count). The van der Waals surface area contributed by atoms with E-state index in [4.69, 9.17) is 0 Å². The van der Waals surface area contributed by atoms with E-state index in [2.05, 4.69) is 39.8 Å². The highest BCUT2D eigenvalue weighted by Gasteiger charge is 2.10. The maximum Gasteiger partial charge on any atom is 0.220 e. The Bertz CT molecular complexity index is 414. The van der Waals surface area contributed by atoms with Crippen LogP contribution in [0, 0.1) is 0 Å². The zero-order valence-electron chi connectivity index (χ0n) is 11.6. The lowest BCUT2D eigenvalue weighted by Gasteiger charge is -2.29. The lowest BCUT2D eigenvalue weighted by molar-refractivity contribution is -0.120. The molecule has 1 amide bonds. The van der Waals surface area contributed by atoms with Gasteiger partial charge in [0.15, 0.2) is 0 Å². The molecule has 1 saturated heterocycles. The molecule has 1 aromatic carbocycles. The van der Waals surface area contributed by atoms with Crippen LogP contribution >= 0.6 is 0 Å². The van der Waals surface area contributed by atoms with Crippen LogP contribution in [0.3, 0.4) is 0 Å². The van der Waals surface area contributed by atoms with E-state index in [0.29, 0.717) is 13.0 Å². The summed E-state index contributed by atoms with van der Waals surface area (Å²) in [5.41, 5.74) is 2.51. The summed E-state index contributed by atoms with van der Waals surface area (Å²) in [5, 5.41) is 6.19. The van der Waals surface area contributed by atoms with Crippen LogP contribution < -0.4 is 15.5 Å². The molecule has 19 heavy (non-hydrogen) atoms. The van der Waals surface area contributed by atoms with E-state index >= 15 is 0 Å². The number of rotatable bonds is 5. The number of hydrogen-bond donors (Lipinski definition) is 2. The average Bonchev–Trinajstić information content (AvgIpc) is 2.47. The molecule has 4 heteroatoms. The van der Waals surface area contributed by atoms with Crippen LogP contribution in [0.4, 0.5) is 5.69 Å². The highest BCUT2D eigenvalue weighted by Crippen LogP contribution is 2.17. The fourth-order valence-corrected chi connectivity index (χ4v) is 2.38. The van der Waals surface area contributed by atoms with Gasteiger partial charge in [-0.1, -0.05) is 12.1 Å². The van der Waals surface area contributed by atoms with E-state index in [1.807, 2.05) is 6.92 Å². The van der Waals surface area contributed by atoms with Crippen molar-refractivity contribution < 1.29 is 4.79 Å². The molecule has 0 aliphatic carbocycles. The van der Waals surface area contributed by atoms with Crippen LogP contribution in [0.1, 0.15) is 18.9 Å². The van der Waals surface area contributed by atoms with Crippen molar-refractivity contribution in [1.29, 1.82) is 0 Å². The Hall–Kier alpha value is -1.55. The van der Waals surface area contributed by atoms with Gasteiger partial charge in [-0.15, -0.1) is 0 Å². The smallest absolute Gasteiger partial charge is 0.220 e. The third kappa shape index (κ3) is 4.24. The van der Waals surface area contributed by atoms with Crippen LogP contribution in [0.25, 0.3) is 0 Å². The number of nitrogens with one attached hydrogen (secondary N) is 2. The van der Waals surface area contributed by atoms with Crippen molar-refractivity contribution in [2.45, 2.75) is 19.8 Å². The normalized spacial score (nSPS) is 15.3. The Morgan fingerprint density at radius 1 is 1.37 bits per heavy atom. The number of piperazine rings is 1. The number of aryl methyl sites for hydroxylation is 1. The van der Waals surface area contributed by atoms with Gasteiger partial charge in [0, 0.05) is 44.8 Å². The molecule has 2 N–H and O–H groups in total. The van der Waals surface area contributed by atoms with Gasteiger partial charge in [0.05, 0.1) is 0 Å². The first-order valence-electron chi connectivity index (χ1n) is 7.11.